The van der Waals surface area contributed by atoms with E-state index in [1.165, 1.54) is 0 Å². The van der Waals surface area contributed by atoms with Gasteiger partial charge in [0, 0.05) is 30.6 Å². The number of hydrogen-bond acceptors (Lipinski definition) is 6. The molecule has 9 heteroatoms. The van der Waals surface area contributed by atoms with E-state index < -0.39 is 35.6 Å². The Kier molecular flexibility index (Phi) is 10.8. The summed E-state index contributed by atoms with van der Waals surface area (Å²) >= 11 is 3.69. The highest BCUT2D eigenvalue weighted by Gasteiger charge is 2.77. The van der Waals surface area contributed by atoms with Crippen LogP contribution in [-0.4, -0.2) is 87.6 Å². The summed E-state index contributed by atoms with van der Waals surface area (Å²) in [5, 5.41) is 9.11. The molecule has 2 bridgehead atoms. The van der Waals surface area contributed by atoms with Gasteiger partial charge in [-0.1, -0.05) is 54.3 Å². The van der Waals surface area contributed by atoms with Crippen molar-refractivity contribution in [2.45, 2.75) is 93.8 Å². The molecule has 2 amide bonds. The smallest absolute Gasteiger partial charge is 0.312 e. The number of rotatable bonds is 16. The first-order chi connectivity index (χ1) is 17.8. The van der Waals surface area contributed by atoms with Crippen LogP contribution in [0.4, 0.5) is 0 Å². The topological polar surface area (TPSA) is 96.4 Å². The largest absolute Gasteiger partial charge is 0.465 e. The highest BCUT2D eigenvalue weighted by atomic mass is 79.9. The quantitative estimate of drug-likeness (QED) is 0.129. The predicted molar refractivity (Wildman–Crippen MR) is 145 cm³/mol. The van der Waals surface area contributed by atoms with Crippen molar-refractivity contribution < 1.29 is 29.0 Å². The Morgan fingerprint density at radius 3 is 2.68 bits per heavy atom. The van der Waals surface area contributed by atoms with Crippen LogP contribution in [0.2, 0.25) is 0 Å². The van der Waals surface area contributed by atoms with E-state index in [1.807, 2.05) is 6.92 Å². The first-order valence-corrected chi connectivity index (χ1v) is 14.6. The zero-order valence-electron chi connectivity index (χ0n) is 22.3. The molecule has 1 N–H and O–H groups in total. The molecule has 3 aliphatic heterocycles. The molecule has 0 aromatic heterocycles. The third-order valence-electron chi connectivity index (χ3n) is 8.02. The lowest BCUT2D eigenvalue weighted by molar-refractivity contribution is -0.155. The molecule has 8 nitrogen and oxygen atoms in total. The maximum Gasteiger partial charge on any atom is 0.312 e. The normalized spacial score (nSPS) is 30.8. The number of alkyl halides is 1. The minimum absolute atomic E-state index is 0.0227. The van der Waals surface area contributed by atoms with Crippen molar-refractivity contribution in [2.24, 2.45) is 11.8 Å². The van der Waals surface area contributed by atoms with Crippen molar-refractivity contribution in [3.05, 3.63) is 25.3 Å². The Labute approximate surface area is 229 Å². The fourth-order valence-corrected chi connectivity index (χ4v) is 7.30. The third-order valence-corrected chi connectivity index (χ3v) is 8.86. The summed E-state index contributed by atoms with van der Waals surface area (Å²) in [6.07, 6.45) is 8.74. The molecule has 3 rings (SSSR count). The Morgan fingerprint density at radius 2 is 2.03 bits per heavy atom. The highest BCUT2D eigenvalue weighted by molar-refractivity contribution is 9.09. The van der Waals surface area contributed by atoms with Gasteiger partial charge in [0.25, 0.3) is 0 Å². The summed E-state index contributed by atoms with van der Waals surface area (Å²) in [7, 11) is 0. The van der Waals surface area contributed by atoms with Crippen LogP contribution in [0.3, 0.4) is 0 Å². The number of hydrogen-bond donors (Lipinski definition) is 1. The van der Waals surface area contributed by atoms with E-state index in [0.717, 1.165) is 25.7 Å². The van der Waals surface area contributed by atoms with Crippen LogP contribution >= 0.6 is 15.9 Å². The Morgan fingerprint density at radius 1 is 1.30 bits per heavy atom. The van der Waals surface area contributed by atoms with Crippen LogP contribution in [-0.2, 0) is 23.9 Å². The number of aliphatic hydroxyl groups excluding tert-OH is 1. The zero-order chi connectivity index (χ0) is 27.2. The van der Waals surface area contributed by atoms with Gasteiger partial charge in [-0.05, 0) is 39.0 Å². The van der Waals surface area contributed by atoms with Gasteiger partial charge in [0.2, 0.25) is 11.8 Å². The Bertz CT molecular complexity index is 853. The van der Waals surface area contributed by atoms with Crippen molar-refractivity contribution in [3.63, 3.8) is 0 Å². The minimum Gasteiger partial charge on any atom is -0.465 e. The zero-order valence-corrected chi connectivity index (χ0v) is 23.9. The van der Waals surface area contributed by atoms with Crippen LogP contribution in [0.25, 0.3) is 0 Å². The number of ether oxygens (including phenoxy) is 2. The summed E-state index contributed by atoms with van der Waals surface area (Å²) in [5.74, 6) is -2.30. The number of fused-ring (bicyclic) bond motifs is 1. The molecule has 208 valence electrons. The van der Waals surface area contributed by atoms with Crippen LogP contribution < -0.4 is 0 Å². The van der Waals surface area contributed by atoms with Crippen molar-refractivity contribution in [1.82, 2.24) is 9.80 Å². The second kappa shape index (κ2) is 13.4. The lowest BCUT2D eigenvalue weighted by atomic mass is 9.70. The van der Waals surface area contributed by atoms with Crippen molar-refractivity contribution in [2.75, 3.05) is 26.3 Å². The van der Waals surface area contributed by atoms with Crippen molar-refractivity contribution >= 4 is 33.7 Å². The van der Waals surface area contributed by atoms with E-state index in [4.69, 9.17) is 14.6 Å². The molecule has 3 saturated heterocycles. The van der Waals surface area contributed by atoms with E-state index in [9.17, 15) is 14.4 Å². The summed E-state index contributed by atoms with van der Waals surface area (Å²) in [6, 6.07) is -0.830. The lowest BCUT2D eigenvalue weighted by Crippen LogP contribution is -2.58. The van der Waals surface area contributed by atoms with Crippen molar-refractivity contribution in [3.8, 4) is 0 Å². The van der Waals surface area contributed by atoms with Gasteiger partial charge in [-0.2, -0.15) is 0 Å². The first kappa shape index (κ1) is 29.8. The van der Waals surface area contributed by atoms with E-state index in [-0.39, 0.29) is 35.9 Å². The minimum atomic E-state index is -1.08. The fraction of sp³-hybridized carbons (Fsp3) is 0.750. The number of carbonyl (C=O) groups excluding carboxylic acids is 3. The molecule has 3 heterocycles. The Hall–Kier alpha value is -1.71. The third kappa shape index (κ3) is 5.83. The highest BCUT2D eigenvalue weighted by Crippen LogP contribution is 2.60. The van der Waals surface area contributed by atoms with Gasteiger partial charge < -0.3 is 24.4 Å². The molecule has 1 spiro atoms. The molecule has 7 atom stereocenters. The van der Waals surface area contributed by atoms with E-state index in [0.29, 0.717) is 38.8 Å². The number of amides is 2. The maximum atomic E-state index is 14.3. The SMILES string of the molecule is C=CCCOC(=O)[C@H]1[C@H]2C(=O)N(CCCCCCO)C(C(=O)N(CC=C)C(C)CCC)C23CC(Br)[C@@H]1O3. The fourth-order valence-electron chi connectivity index (χ4n) is 6.36. The van der Waals surface area contributed by atoms with Gasteiger partial charge in [-0.3, -0.25) is 14.4 Å². The molecule has 0 saturated carbocycles. The number of aliphatic hydroxyl groups is 1. The molecular weight excluding hydrogens is 540 g/mol. The van der Waals surface area contributed by atoms with Crippen molar-refractivity contribution in [1.29, 1.82) is 0 Å². The summed E-state index contributed by atoms with van der Waals surface area (Å²) < 4.78 is 12.1. The van der Waals surface area contributed by atoms with Gasteiger partial charge in [-0.25, -0.2) is 0 Å². The first-order valence-electron chi connectivity index (χ1n) is 13.7. The monoisotopic (exact) mass is 582 g/mol. The van der Waals surface area contributed by atoms with E-state index >= 15 is 0 Å². The number of nitrogens with zero attached hydrogens (tertiary/aromatic N) is 2. The number of carbonyl (C=O) groups is 3. The average Bonchev–Trinajstić information content (AvgIpc) is 3.45. The predicted octanol–water partition coefficient (Wildman–Crippen LogP) is 3.61. The van der Waals surface area contributed by atoms with Gasteiger partial charge in [-0.15, -0.1) is 13.2 Å². The second-order valence-electron chi connectivity index (χ2n) is 10.5. The molecule has 4 unspecified atom stereocenters. The number of unbranched alkanes of at least 4 members (excludes halogenated alkanes) is 3. The van der Waals surface area contributed by atoms with Gasteiger partial charge in [0.1, 0.15) is 11.6 Å². The van der Waals surface area contributed by atoms with Crippen LogP contribution in [0.5, 0.6) is 0 Å². The van der Waals surface area contributed by atoms with Gasteiger partial charge >= 0.3 is 5.97 Å². The van der Waals surface area contributed by atoms with Crippen LogP contribution in [0.15, 0.2) is 25.3 Å². The number of esters is 1. The van der Waals surface area contributed by atoms with Crippen LogP contribution in [0.1, 0.15) is 65.2 Å². The van der Waals surface area contributed by atoms with Gasteiger partial charge in [0.15, 0.2) is 0 Å². The number of halogens is 1. The van der Waals surface area contributed by atoms with Crippen LogP contribution in [0, 0.1) is 11.8 Å². The summed E-state index contributed by atoms with van der Waals surface area (Å²) in [6.45, 7) is 12.8. The van der Waals surface area contributed by atoms with E-state index in [2.05, 4.69) is 36.0 Å². The second-order valence-corrected chi connectivity index (χ2v) is 11.7. The molecule has 3 fully saturated rings. The molecular formula is C28H43BrN2O6. The molecule has 3 aliphatic rings. The standard InChI is InChI=1S/C28H43BrN2O6/c1-5-8-17-36-27(35)21-22-25(33)31(15-11-9-10-12-16-32)24(28(22)18-20(29)23(21)37-28)26(34)30(14-7-3)19(4)13-6-2/h5,7,19-24,32H,1,3,6,8-18H2,2,4H3/t19?,20?,21-,22-,23-,24?,28?/m0/s1. The van der Waals surface area contributed by atoms with Gasteiger partial charge in [0.05, 0.1) is 24.5 Å². The maximum absolute atomic E-state index is 14.3. The molecule has 37 heavy (non-hydrogen) atoms. The average molecular weight is 584 g/mol. The summed E-state index contributed by atoms with van der Waals surface area (Å²) in [4.78, 5) is 44.8. The summed E-state index contributed by atoms with van der Waals surface area (Å²) in [5.41, 5.74) is -1.08. The molecule has 0 aromatic rings. The Balaban J connectivity index is 1.96. The lowest BCUT2D eigenvalue weighted by Gasteiger charge is -2.39. The number of likely N-dealkylation sites (tertiary alicyclic amines) is 1. The molecule has 0 aromatic carbocycles. The molecule has 0 aliphatic carbocycles. The molecule has 0 radical (unpaired) electrons. The van der Waals surface area contributed by atoms with E-state index in [1.54, 1.807) is 22.0 Å².